The lowest BCUT2D eigenvalue weighted by molar-refractivity contribution is -0.137. The molecule has 1 amide bonds. The van der Waals surface area contributed by atoms with Crippen LogP contribution in [0.4, 0.5) is 0 Å². The highest BCUT2D eigenvalue weighted by molar-refractivity contribution is 5.75. The van der Waals surface area contributed by atoms with Gasteiger partial charge in [-0.25, -0.2) is 0 Å². The van der Waals surface area contributed by atoms with E-state index in [1.165, 1.54) is 39.1 Å². The maximum atomic E-state index is 11.6. The lowest BCUT2D eigenvalue weighted by atomic mass is 9.88. The Morgan fingerprint density at radius 3 is 2.23 bits per heavy atom. The van der Waals surface area contributed by atoms with Gasteiger partial charge in [0, 0.05) is 52.2 Å². The Labute approximate surface area is 135 Å². The maximum absolute atomic E-state index is 11.6. The molecular weight excluding hydrogens is 278 g/mol. The number of ether oxygens (including phenoxy) is 1. The second-order valence-corrected chi connectivity index (χ2v) is 6.66. The molecule has 0 N–H and O–H groups in total. The predicted octanol–water partition coefficient (Wildman–Crippen LogP) is 1.43. The first kappa shape index (κ1) is 17.7. The average molecular weight is 311 g/mol. The Kier molecular flexibility index (Phi) is 7.12. The quantitative estimate of drug-likeness (QED) is 0.679. The third kappa shape index (κ3) is 4.93. The first-order chi connectivity index (χ1) is 10.6. The molecule has 22 heavy (non-hydrogen) atoms. The van der Waals surface area contributed by atoms with Crippen molar-refractivity contribution in [2.45, 2.75) is 51.7 Å². The van der Waals surface area contributed by atoms with Gasteiger partial charge in [0.2, 0.25) is 5.91 Å². The number of hydrogen-bond acceptors (Lipinski definition) is 4. The van der Waals surface area contributed by atoms with Gasteiger partial charge in [-0.3, -0.25) is 9.69 Å². The molecule has 5 heteroatoms. The highest BCUT2D eigenvalue weighted by Gasteiger charge is 2.34. The van der Waals surface area contributed by atoms with Gasteiger partial charge in [-0.15, -0.1) is 0 Å². The number of hydrogen-bond donors (Lipinski definition) is 0. The Morgan fingerprint density at radius 2 is 1.68 bits per heavy atom. The van der Waals surface area contributed by atoms with E-state index in [0.717, 1.165) is 26.0 Å². The van der Waals surface area contributed by atoms with Crippen LogP contribution in [0.1, 0.15) is 39.5 Å². The number of carbonyl (C=O) groups excluding carboxylic acids is 1. The minimum atomic E-state index is 0.244. The number of carbonyl (C=O) groups is 1. The molecule has 0 atom stereocenters. The standard InChI is InChI=1S/C17H33N3O2/c1-4-6-19-7-9-20(10-8-19)11-12-22-16-13-15(14-16)18(3)17(21)5-2/h15-16H,4-14H2,1-3H3/t15-,16-. The molecule has 1 aliphatic carbocycles. The maximum Gasteiger partial charge on any atom is 0.222 e. The molecule has 2 rings (SSSR count). The number of piperazine rings is 1. The number of rotatable bonds is 8. The molecule has 0 spiro atoms. The van der Waals surface area contributed by atoms with Gasteiger partial charge in [0.15, 0.2) is 0 Å². The van der Waals surface area contributed by atoms with Gasteiger partial charge in [0.1, 0.15) is 0 Å². The number of nitrogens with zero attached hydrogens (tertiary/aromatic N) is 3. The Balaban J connectivity index is 1.52. The highest BCUT2D eigenvalue weighted by atomic mass is 16.5. The van der Waals surface area contributed by atoms with Crippen molar-refractivity contribution >= 4 is 5.91 Å². The van der Waals surface area contributed by atoms with Crippen molar-refractivity contribution in [3.63, 3.8) is 0 Å². The molecule has 2 fully saturated rings. The zero-order valence-corrected chi connectivity index (χ0v) is 14.6. The van der Waals surface area contributed by atoms with Gasteiger partial charge in [-0.05, 0) is 25.8 Å². The van der Waals surface area contributed by atoms with Crippen molar-refractivity contribution in [3.8, 4) is 0 Å². The van der Waals surface area contributed by atoms with E-state index < -0.39 is 0 Å². The largest absolute Gasteiger partial charge is 0.377 e. The molecule has 0 aromatic rings. The normalized spacial score (nSPS) is 26.7. The van der Waals surface area contributed by atoms with Crippen LogP contribution in [0.3, 0.4) is 0 Å². The Hall–Kier alpha value is -0.650. The van der Waals surface area contributed by atoms with E-state index in [4.69, 9.17) is 4.74 Å². The fourth-order valence-corrected chi connectivity index (χ4v) is 3.34. The molecule has 128 valence electrons. The summed E-state index contributed by atoms with van der Waals surface area (Å²) in [6.45, 7) is 12.0. The molecule has 0 aromatic heterocycles. The van der Waals surface area contributed by atoms with Crippen molar-refractivity contribution in [1.82, 2.24) is 14.7 Å². The summed E-state index contributed by atoms with van der Waals surface area (Å²) in [5.74, 6) is 0.244. The van der Waals surface area contributed by atoms with Crippen LogP contribution in [0.15, 0.2) is 0 Å². The van der Waals surface area contributed by atoms with Crippen LogP contribution in [0.5, 0.6) is 0 Å². The van der Waals surface area contributed by atoms with Crippen LogP contribution in [0.2, 0.25) is 0 Å². The van der Waals surface area contributed by atoms with E-state index in [0.29, 0.717) is 18.6 Å². The molecule has 0 bridgehead atoms. The zero-order valence-electron chi connectivity index (χ0n) is 14.6. The fourth-order valence-electron chi connectivity index (χ4n) is 3.34. The van der Waals surface area contributed by atoms with Crippen molar-refractivity contribution < 1.29 is 9.53 Å². The summed E-state index contributed by atoms with van der Waals surface area (Å²) in [6.07, 6.45) is 4.22. The van der Waals surface area contributed by atoms with Crippen LogP contribution in [0, 0.1) is 0 Å². The van der Waals surface area contributed by atoms with Gasteiger partial charge in [-0.1, -0.05) is 13.8 Å². The van der Waals surface area contributed by atoms with E-state index >= 15 is 0 Å². The highest BCUT2D eigenvalue weighted by Crippen LogP contribution is 2.27. The predicted molar refractivity (Wildman–Crippen MR) is 89.0 cm³/mol. The fraction of sp³-hybridized carbons (Fsp3) is 0.941. The van der Waals surface area contributed by atoms with Gasteiger partial charge in [0.25, 0.3) is 0 Å². The van der Waals surface area contributed by atoms with Crippen molar-refractivity contribution in [2.24, 2.45) is 0 Å². The molecule has 1 saturated carbocycles. The van der Waals surface area contributed by atoms with Crippen molar-refractivity contribution in [2.75, 3.05) is 52.9 Å². The molecule has 0 aromatic carbocycles. The van der Waals surface area contributed by atoms with Crippen LogP contribution in [0.25, 0.3) is 0 Å². The molecule has 5 nitrogen and oxygen atoms in total. The molecule has 0 unspecified atom stereocenters. The Morgan fingerprint density at radius 1 is 1.09 bits per heavy atom. The van der Waals surface area contributed by atoms with E-state index in [9.17, 15) is 4.79 Å². The van der Waals surface area contributed by atoms with E-state index in [2.05, 4.69) is 16.7 Å². The van der Waals surface area contributed by atoms with Crippen LogP contribution in [-0.2, 0) is 9.53 Å². The molecule has 2 aliphatic rings. The first-order valence-corrected chi connectivity index (χ1v) is 8.96. The summed E-state index contributed by atoms with van der Waals surface area (Å²) < 4.78 is 5.96. The van der Waals surface area contributed by atoms with E-state index in [-0.39, 0.29) is 5.91 Å². The summed E-state index contributed by atoms with van der Waals surface area (Å²) in [6, 6.07) is 0.398. The second-order valence-electron chi connectivity index (χ2n) is 6.66. The molecule has 1 aliphatic heterocycles. The summed E-state index contributed by atoms with van der Waals surface area (Å²) in [5, 5.41) is 0. The topological polar surface area (TPSA) is 36.0 Å². The monoisotopic (exact) mass is 311 g/mol. The SMILES string of the molecule is CCCN1CCN(CCO[C@H]2C[C@H](N(C)C(=O)CC)C2)CC1. The summed E-state index contributed by atoms with van der Waals surface area (Å²) in [5.41, 5.74) is 0. The summed E-state index contributed by atoms with van der Waals surface area (Å²) in [7, 11) is 1.92. The Bertz CT molecular complexity index is 337. The van der Waals surface area contributed by atoms with Gasteiger partial charge >= 0.3 is 0 Å². The van der Waals surface area contributed by atoms with Crippen LogP contribution >= 0.6 is 0 Å². The third-order valence-corrected chi connectivity index (χ3v) is 5.08. The second kappa shape index (κ2) is 8.85. The van der Waals surface area contributed by atoms with Gasteiger partial charge in [-0.2, -0.15) is 0 Å². The summed E-state index contributed by atoms with van der Waals surface area (Å²) >= 11 is 0. The lowest BCUT2D eigenvalue weighted by Gasteiger charge is -2.41. The van der Waals surface area contributed by atoms with Crippen molar-refractivity contribution in [3.05, 3.63) is 0 Å². The lowest BCUT2D eigenvalue weighted by Crippen LogP contribution is -2.50. The first-order valence-electron chi connectivity index (χ1n) is 8.96. The molecule has 1 heterocycles. The smallest absolute Gasteiger partial charge is 0.222 e. The number of amides is 1. The summed E-state index contributed by atoms with van der Waals surface area (Å²) in [4.78, 5) is 18.6. The van der Waals surface area contributed by atoms with Gasteiger partial charge in [0.05, 0.1) is 12.7 Å². The minimum absolute atomic E-state index is 0.244. The van der Waals surface area contributed by atoms with E-state index in [1.54, 1.807) is 0 Å². The van der Waals surface area contributed by atoms with Gasteiger partial charge < -0.3 is 14.5 Å². The molecule has 0 radical (unpaired) electrons. The van der Waals surface area contributed by atoms with E-state index in [1.807, 2.05) is 18.9 Å². The van der Waals surface area contributed by atoms with Crippen LogP contribution < -0.4 is 0 Å². The average Bonchev–Trinajstić information content (AvgIpc) is 2.50. The molecular formula is C17H33N3O2. The zero-order chi connectivity index (χ0) is 15.9. The third-order valence-electron chi connectivity index (χ3n) is 5.08. The van der Waals surface area contributed by atoms with Crippen molar-refractivity contribution in [1.29, 1.82) is 0 Å². The van der Waals surface area contributed by atoms with Crippen LogP contribution in [-0.4, -0.2) is 85.7 Å². The minimum Gasteiger partial charge on any atom is -0.377 e. The molecule has 1 saturated heterocycles.